The molecule has 29 heavy (non-hydrogen) atoms. The second-order valence-corrected chi connectivity index (χ2v) is 10.5. The summed E-state index contributed by atoms with van der Waals surface area (Å²) in [5.41, 5.74) is 3.82. The van der Waals surface area contributed by atoms with E-state index in [9.17, 15) is 4.79 Å². The number of rotatable bonds is 5. The first-order chi connectivity index (χ1) is 13.8. The molecule has 0 bridgehead atoms. The van der Waals surface area contributed by atoms with Gasteiger partial charge in [-0.25, -0.2) is 0 Å². The topological polar surface area (TPSA) is 38.7 Å². The van der Waals surface area contributed by atoms with Gasteiger partial charge in [0.15, 0.2) is 11.4 Å². The molecule has 0 N–H and O–H groups in total. The van der Waals surface area contributed by atoms with Gasteiger partial charge in [0.1, 0.15) is 0 Å². The third kappa shape index (κ3) is 4.25. The lowest BCUT2D eigenvalue weighted by atomic mass is 9.88. The Hall–Kier alpha value is -1.01. The number of hydrogen-bond donors (Lipinski definition) is 0. The van der Waals surface area contributed by atoms with E-state index in [4.69, 9.17) is 28.0 Å². The highest BCUT2D eigenvalue weighted by Gasteiger charge is 2.37. The standard InChI is InChI=1S/C22H20BrCl2NO2S/c1-12-5-14(3-4-16(12)20(27)6-13-10-29-11-13)19-9-22(2,28-26-19)15-7-17(24)21(23)18(25)8-15/h3-5,7-8,13H,6,9-11H2,1-2H3. The van der Waals surface area contributed by atoms with E-state index < -0.39 is 5.60 Å². The van der Waals surface area contributed by atoms with E-state index in [0.29, 0.717) is 33.3 Å². The highest BCUT2D eigenvalue weighted by atomic mass is 79.9. The van der Waals surface area contributed by atoms with E-state index in [1.807, 2.05) is 55.9 Å². The smallest absolute Gasteiger partial charge is 0.165 e. The van der Waals surface area contributed by atoms with Crippen molar-refractivity contribution in [3.63, 3.8) is 0 Å². The number of Topliss-reactive ketones (excluding diaryl/α,β-unsaturated/α-hetero) is 1. The average molecular weight is 513 g/mol. The third-order valence-electron chi connectivity index (χ3n) is 5.50. The molecule has 2 aliphatic rings. The predicted octanol–water partition coefficient (Wildman–Crippen LogP) is 7.04. The number of oxime groups is 1. The Bertz CT molecular complexity index is 999. The molecule has 2 aromatic rings. The average Bonchev–Trinajstić information content (AvgIpc) is 3.05. The fourth-order valence-corrected chi connectivity index (χ4v) is 5.16. The van der Waals surface area contributed by atoms with Gasteiger partial charge in [0.25, 0.3) is 0 Å². The minimum Gasteiger partial charge on any atom is -0.384 e. The number of carbonyl (C=O) groups excluding carboxylic acids is 1. The van der Waals surface area contributed by atoms with Crippen LogP contribution in [0.3, 0.4) is 0 Å². The second kappa shape index (κ2) is 8.26. The van der Waals surface area contributed by atoms with Gasteiger partial charge in [-0.2, -0.15) is 11.8 Å². The molecule has 0 radical (unpaired) electrons. The van der Waals surface area contributed by atoms with Crippen molar-refractivity contribution in [2.24, 2.45) is 11.1 Å². The van der Waals surface area contributed by atoms with Crippen molar-refractivity contribution < 1.29 is 9.63 Å². The van der Waals surface area contributed by atoms with E-state index in [1.54, 1.807) is 0 Å². The predicted molar refractivity (Wildman–Crippen MR) is 125 cm³/mol. The van der Waals surface area contributed by atoms with Crippen molar-refractivity contribution in [2.75, 3.05) is 11.5 Å². The van der Waals surface area contributed by atoms with Crippen LogP contribution in [-0.2, 0) is 10.4 Å². The van der Waals surface area contributed by atoms with Crippen molar-refractivity contribution >= 4 is 62.4 Å². The van der Waals surface area contributed by atoms with Crippen molar-refractivity contribution in [1.29, 1.82) is 0 Å². The van der Waals surface area contributed by atoms with Gasteiger partial charge in [0.05, 0.1) is 20.2 Å². The van der Waals surface area contributed by atoms with Gasteiger partial charge in [-0.05, 0) is 76.5 Å². The van der Waals surface area contributed by atoms with Gasteiger partial charge in [-0.15, -0.1) is 0 Å². The molecule has 4 rings (SSSR count). The highest BCUT2D eigenvalue weighted by Crippen LogP contribution is 2.41. The van der Waals surface area contributed by atoms with E-state index in [0.717, 1.165) is 39.5 Å². The Kier molecular flexibility index (Phi) is 6.04. The molecule has 3 nitrogen and oxygen atoms in total. The lowest BCUT2D eigenvalue weighted by Crippen LogP contribution is -2.22. The summed E-state index contributed by atoms with van der Waals surface area (Å²) in [7, 11) is 0. The zero-order valence-corrected chi connectivity index (χ0v) is 20.0. The normalized spacial score (nSPS) is 21.5. The van der Waals surface area contributed by atoms with E-state index >= 15 is 0 Å². The van der Waals surface area contributed by atoms with Crippen LogP contribution in [-0.4, -0.2) is 23.0 Å². The van der Waals surface area contributed by atoms with Crippen molar-refractivity contribution in [3.05, 3.63) is 67.1 Å². The maximum atomic E-state index is 12.6. The molecule has 0 spiro atoms. The Labute approximate surface area is 193 Å². The SMILES string of the molecule is Cc1cc(C2=NOC(C)(c3cc(Cl)c(Br)c(Cl)c3)C2)ccc1C(=O)CC1CSC1. The van der Waals surface area contributed by atoms with Crippen molar-refractivity contribution in [3.8, 4) is 0 Å². The summed E-state index contributed by atoms with van der Waals surface area (Å²) in [6.45, 7) is 3.96. The maximum absolute atomic E-state index is 12.6. The third-order valence-corrected chi connectivity index (χ3v) is 8.82. The molecule has 0 saturated carbocycles. The zero-order chi connectivity index (χ0) is 20.8. The van der Waals surface area contributed by atoms with Crippen LogP contribution in [0, 0.1) is 12.8 Å². The summed E-state index contributed by atoms with van der Waals surface area (Å²) in [5, 5.41) is 5.41. The van der Waals surface area contributed by atoms with Crippen LogP contribution in [0.2, 0.25) is 10.0 Å². The molecule has 2 heterocycles. The minimum atomic E-state index is -0.645. The lowest BCUT2D eigenvalue weighted by Gasteiger charge is -2.24. The molecule has 1 fully saturated rings. The van der Waals surface area contributed by atoms with Gasteiger partial charge in [-0.3, -0.25) is 4.79 Å². The Balaban J connectivity index is 1.52. The molecule has 2 aliphatic heterocycles. The minimum absolute atomic E-state index is 0.230. The lowest BCUT2D eigenvalue weighted by molar-refractivity contribution is -0.00738. The molecule has 0 aliphatic carbocycles. The summed E-state index contributed by atoms with van der Waals surface area (Å²) < 4.78 is 0.670. The number of carbonyl (C=O) groups is 1. The number of thioether (sulfide) groups is 1. The van der Waals surface area contributed by atoms with Gasteiger partial charge in [-0.1, -0.05) is 40.5 Å². The van der Waals surface area contributed by atoms with Gasteiger partial charge >= 0.3 is 0 Å². The molecule has 2 aromatic carbocycles. The van der Waals surface area contributed by atoms with E-state index in [1.165, 1.54) is 0 Å². The van der Waals surface area contributed by atoms with Crippen LogP contribution in [0.15, 0.2) is 40.0 Å². The fraction of sp³-hybridized carbons (Fsp3) is 0.364. The van der Waals surface area contributed by atoms with Crippen LogP contribution in [0.4, 0.5) is 0 Å². The van der Waals surface area contributed by atoms with Gasteiger partial charge in [0, 0.05) is 24.0 Å². The summed E-state index contributed by atoms with van der Waals surface area (Å²) in [6.07, 6.45) is 1.23. The molecule has 1 unspecified atom stereocenters. The van der Waals surface area contributed by atoms with Crippen LogP contribution in [0.25, 0.3) is 0 Å². The highest BCUT2D eigenvalue weighted by molar-refractivity contribution is 9.10. The molecule has 1 saturated heterocycles. The molecule has 0 amide bonds. The first-order valence-electron chi connectivity index (χ1n) is 9.39. The van der Waals surface area contributed by atoms with Gasteiger partial charge in [0.2, 0.25) is 0 Å². The fourth-order valence-electron chi connectivity index (χ4n) is 3.64. The first-order valence-corrected chi connectivity index (χ1v) is 12.1. The molecule has 1 atom stereocenters. The molecule has 0 aromatic heterocycles. The quantitative estimate of drug-likeness (QED) is 0.318. The molecular formula is C22H20BrCl2NO2S. The Morgan fingerprint density at radius 2 is 1.97 bits per heavy atom. The van der Waals surface area contributed by atoms with Gasteiger partial charge < -0.3 is 4.84 Å². The molecule has 7 heteroatoms. The monoisotopic (exact) mass is 511 g/mol. The van der Waals surface area contributed by atoms with Crippen LogP contribution < -0.4 is 0 Å². The number of halogens is 3. The number of benzene rings is 2. The number of ketones is 1. The maximum Gasteiger partial charge on any atom is 0.165 e. The number of nitrogens with zero attached hydrogens (tertiary/aromatic N) is 1. The summed E-state index contributed by atoms with van der Waals surface area (Å²) in [6, 6.07) is 9.61. The van der Waals surface area contributed by atoms with Crippen molar-refractivity contribution in [2.45, 2.75) is 32.3 Å². The van der Waals surface area contributed by atoms with Crippen LogP contribution >= 0.6 is 50.9 Å². The number of aryl methyl sites for hydroxylation is 1. The summed E-state index contributed by atoms with van der Waals surface area (Å²) in [4.78, 5) is 18.4. The first kappa shape index (κ1) is 21.2. The second-order valence-electron chi connectivity index (χ2n) is 7.85. The molecular weight excluding hydrogens is 493 g/mol. The number of hydrogen-bond acceptors (Lipinski definition) is 4. The van der Waals surface area contributed by atoms with E-state index in [2.05, 4.69) is 21.1 Å². The van der Waals surface area contributed by atoms with Crippen LogP contribution in [0.1, 0.15) is 46.8 Å². The Morgan fingerprint density at radius 3 is 2.55 bits per heavy atom. The largest absolute Gasteiger partial charge is 0.384 e. The Morgan fingerprint density at radius 1 is 1.28 bits per heavy atom. The van der Waals surface area contributed by atoms with Crippen LogP contribution in [0.5, 0.6) is 0 Å². The summed E-state index contributed by atoms with van der Waals surface area (Å²) in [5.74, 6) is 2.96. The zero-order valence-electron chi connectivity index (χ0n) is 16.1. The molecule has 152 valence electrons. The summed E-state index contributed by atoms with van der Waals surface area (Å²) >= 11 is 17.8. The van der Waals surface area contributed by atoms with Crippen molar-refractivity contribution in [1.82, 2.24) is 0 Å². The van der Waals surface area contributed by atoms with E-state index in [-0.39, 0.29) is 5.78 Å².